The molecule has 7 heavy (non-hydrogen) atoms. The molecule has 0 fully saturated rings. The molecule has 1 nitrogen and oxygen atoms in total. The van der Waals surface area contributed by atoms with E-state index in [2.05, 4.69) is 18.7 Å². The van der Waals surface area contributed by atoms with Gasteiger partial charge < -0.3 is 11.8 Å². The normalized spacial score (nSPS) is 13.3. The van der Waals surface area contributed by atoms with E-state index in [4.69, 9.17) is 0 Å². The predicted octanol–water partition coefficient (Wildman–Crippen LogP) is 0.768. The van der Waals surface area contributed by atoms with Gasteiger partial charge in [0, 0.05) is 20.4 Å². The minimum Gasteiger partial charge on any atom is -0.336 e. The molecule has 0 aromatic carbocycles. The predicted molar refractivity (Wildman–Crippen MR) is 28.5 cm³/mol. The van der Waals surface area contributed by atoms with Crippen LogP contribution in [0.1, 0.15) is 6.92 Å². The smallest absolute Gasteiger partial charge is 0 e. The van der Waals surface area contributed by atoms with Gasteiger partial charge in [-0.1, -0.05) is 6.92 Å². The van der Waals surface area contributed by atoms with E-state index in [9.17, 15) is 0 Å². The molecule has 0 aromatic heterocycles. The Morgan fingerprint density at radius 1 is 1.43 bits per heavy atom. The van der Waals surface area contributed by atoms with Gasteiger partial charge in [-0.15, -0.1) is 6.04 Å². The summed E-state index contributed by atoms with van der Waals surface area (Å²) >= 11 is 0. The summed E-state index contributed by atoms with van der Waals surface area (Å²) in [7, 11) is 4.02. The van der Waals surface area contributed by atoms with Crippen LogP contribution < -0.4 is 0 Å². The molecule has 0 saturated heterocycles. The van der Waals surface area contributed by atoms with Gasteiger partial charge in [0.25, 0.3) is 0 Å². The minimum atomic E-state index is 0. The Labute approximate surface area is 59.7 Å². The van der Waals surface area contributed by atoms with Crippen LogP contribution in [0.3, 0.4) is 0 Å². The fourth-order valence-electron chi connectivity index (χ4n) is 0. The Bertz CT molecular complexity index is 29.1. The summed E-state index contributed by atoms with van der Waals surface area (Å²) in [5.41, 5.74) is 0. The van der Waals surface area contributed by atoms with Gasteiger partial charge in [-0.2, -0.15) is 0 Å². The van der Waals surface area contributed by atoms with Crippen LogP contribution in [0.4, 0.5) is 0 Å². The third kappa shape index (κ3) is 6.62. The first kappa shape index (κ1) is 10.6. The molecule has 0 aliphatic carbocycles. The molecule has 0 amide bonds. The average molecular weight is 272 g/mol. The van der Waals surface area contributed by atoms with Crippen molar-refractivity contribution >= 4 is 0 Å². The number of rotatable bonds is 1. The van der Waals surface area contributed by atoms with Crippen molar-refractivity contribution < 1.29 is 20.4 Å². The van der Waals surface area contributed by atoms with Gasteiger partial charge in [0.05, 0.1) is 0 Å². The summed E-state index contributed by atoms with van der Waals surface area (Å²) in [6.45, 7) is 5.82. The second-order valence-electron chi connectivity index (χ2n) is 1.81. The van der Waals surface area contributed by atoms with E-state index in [1.165, 1.54) is 0 Å². The molecule has 0 bridgehead atoms. The molecule has 0 spiro atoms. The van der Waals surface area contributed by atoms with E-state index in [-0.39, 0.29) is 20.4 Å². The van der Waals surface area contributed by atoms with Crippen molar-refractivity contribution in [3.63, 3.8) is 0 Å². The van der Waals surface area contributed by atoms with Gasteiger partial charge in [-0.3, -0.25) is 0 Å². The second kappa shape index (κ2) is 4.77. The third-order valence-electron chi connectivity index (χ3n) is 0.882. The first-order valence-electron chi connectivity index (χ1n) is 2.14. The zero-order valence-electron chi connectivity index (χ0n) is 5.11. The van der Waals surface area contributed by atoms with E-state index < -0.39 is 0 Å². The van der Waals surface area contributed by atoms with Crippen LogP contribution in [-0.4, -0.2) is 25.0 Å². The monoisotopic (exact) mass is 273 g/mol. The summed E-state index contributed by atoms with van der Waals surface area (Å²) in [6, 6.07) is 0.435. The van der Waals surface area contributed by atoms with Gasteiger partial charge in [0.1, 0.15) is 0 Å². The molecule has 0 rings (SSSR count). The first-order chi connectivity index (χ1) is 2.64. The Hall–Kier alpha value is 0.622. The van der Waals surface area contributed by atoms with E-state index in [1.807, 2.05) is 14.1 Å². The maximum absolute atomic E-state index is 3.76. The summed E-state index contributed by atoms with van der Waals surface area (Å²) < 4.78 is 0. The summed E-state index contributed by atoms with van der Waals surface area (Å²) in [5, 5.41) is 0. The third-order valence-corrected chi connectivity index (χ3v) is 0.882. The van der Waals surface area contributed by atoms with Crippen LogP contribution in [0, 0.1) is 6.92 Å². The molecule has 45 valence electrons. The van der Waals surface area contributed by atoms with Gasteiger partial charge in [0.15, 0.2) is 0 Å². The van der Waals surface area contributed by atoms with Gasteiger partial charge in [0.2, 0.25) is 0 Å². The average Bonchev–Trinajstić information content (AvgIpc) is 1.36. The molecule has 0 heterocycles. The molecule has 2 heteroatoms. The molecule has 1 unspecified atom stereocenters. The maximum atomic E-state index is 3.76. The summed E-state index contributed by atoms with van der Waals surface area (Å²) in [5.74, 6) is 0. The molecule has 1 atom stereocenters. The van der Waals surface area contributed by atoms with Crippen LogP contribution in [0.25, 0.3) is 0 Å². The Morgan fingerprint density at radius 3 is 1.57 bits per heavy atom. The van der Waals surface area contributed by atoms with Crippen molar-refractivity contribution in [1.29, 1.82) is 0 Å². The Kier molecular flexibility index (Phi) is 7.21. The molecule has 0 aliphatic heterocycles. The molecular weight excluding hydrogens is 260 g/mol. The van der Waals surface area contributed by atoms with Crippen molar-refractivity contribution in [3.05, 3.63) is 6.92 Å². The largest absolute Gasteiger partial charge is 0.336 e. The van der Waals surface area contributed by atoms with Crippen LogP contribution in [0.2, 0.25) is 0 Å². The Balaban J connectivity index is 0. The van der Waals surface area contributed by atoms with Crippen molar-refractivity contribution in [2.75, 3.05) is 14.1 Å². The molecular formula is C5H12NRe-. The van der Waals surface area contributed by atoms with Crippen LogP contribution >= 0.6 is 0 Å². The van der Waals surface area contributed by atoms with Crippen LogP contribution in [-0.2, 0) is 20.4 Å². The summed E-state index contributed by atoms with van der Waals surface area (Å²) in [6.07, 6.45) is 0. The second-order valence-corrected chi connectivity index (χ2v) is 1.81. The minimum absolute atomic E-state index is 0. The van der Waals surface area contributed by atoms with E-state index in [0.29, 0.717) is 6.04 Å². The summed E-state index contributed by atoms with van der Waals surface area (Å²) in [4.78, 5) is 2.06. The van der Waals surface area contributed by atoms with Crippen molar-refractivity contribution in [3.8, 4) is 0 Å². The van der Waals surface area contributed by atoms with Crippen molar-refractivity contribution in [1.82, 2.24) is 4.90 Å². The standard InChI is InChI=1S/C5H12N.Re/c1-5(2)6(3)4;/h5H,1H2,2-4H3;/q-1;. The topological polar surface area (TPSA) is 3.24 Å². The SMILES string of the molecule is [CH2-]C(C)N(C)C.[Re]. The zero-order chi connectivity index (χ0) is 5.15. The fraction of sp³-hybridized carbons (Fsp3) is 0.800. The van der Waals surface area contributed by atoms with E-state index in [0.717, 1.165) is 0 Å². The maximum Gasteiger partial charge on any atom is 0 e. The molecule has 0 aromatic rings. The molecule has 0 saturated carbocycles. The van der Waals surface area contributed by atoms with Crippen molar-refractivity contribution in [2.24, 2.45) is 0 Å². The Morgan fingerprint density at radius 2 is 1.57 bits per heavy atom. The van der Waals surface area contributed by atoms with E-state index in [1.54, 1.807) is 0 Å². The molecule has 0 aliphatic rings. The van der Waals surface area contributed by atoms with Gasteiger partial charge in [-0.25, -0.2) is 0 Å². The fourth-order valence-corrected chi connectivity index (χ4v) is 0. The van der Waals surface area contributed by atoms with Crippen LogP contribution in [0.5, 0.6) is 0 Å². The van der Waals surface area contributed by atoms with Gasteiger partial charge >= 0.3 is 0 Å². The van der Waals surface area contributed by atoms with Gasteiger partial charge in [-0.05, 0) is 14.1 Å². The molecule has 0 N–H and O–H groups in total. The van der Waals surface area contributed by atoms with Crippen molar-refractivity contribution in [2.45, 2.75) is 13.0 Å². The zero-order valence-corrected chi connectivity index (χ0v) is 7.83. The quantitative estimate of drug-likeness (QED) is 0.637. The van der Waals surface area contributed by atoms with E-state index >= 15 is 0 Å². The van der Waals surface area contributed by atoms with Crippen LogP contribution in [0.15, 0.2) is 0 Å². The number of hydrogen-bond acceptors (Lipinski definition) is 1. The first-order valence-corrected chi connectivity index (χ1v) is 2.14. The molecule has 1 radical (unpaired) electrons. The number of nitrogens with zero attached hydrogens (tertiary/aromatic N) is 1. The number of hydrogen-bond donors (Lipinski definition) is 0.